The third kappa shape index (κ3) is 2.79. The number of hydrogen-bond acceptors (Lipinski definition) is 0. The van der Waals surface area contributed by atoms with Crippen LogP contribution in [0.2, 0.25) is 0 Å². The molecular weight excluding hydrogens is 179 g/mol. The van der Waals surface area contributed by atoms with Crippen molar-refractivity contribution >= 4 is 0 Å². The molecule has 0 bridgehead atoms. The van der Waals surface area contributed by atoms with E-state index in [1.807, 2.05) is 0 Å². The molecule has 1 atom stereocenters. The predicted molar refractivity (Wildman–Crippen MR) is 34.8 cm³/mol. The van der Waals surface area contributed by atoms with Crippen LogP contribution in [0.25, 0.3) is 0 Å². The molecule has 0 aliphatic heterocycles. The Labute approximate surface area is 67.1 Å². The van der Waals surface area contributed by atoms with Crippen LogP contribution in [0.3, 0.4) is 0 Å². The molecular formula is C7H9F5. The van der Waals surface area contributed by atoms with Gasteiger partial charge in [-0.3, -0.25) is 0 Å². The molecule has 0 aliphatic carbocycles. The molecule has 0 N–H and O–H groups in total. The summed E-state index contributed by atoms with van der Waals surface area (Å²) in [7, 11) is 0. The molecule has 0 saturated heterocycles. The molecule has 0 fully saturated rings. The van der Waals surface area contributed by atoms with Gasteiger partial charge in [0.1, 0.15) is 0 Å². The first-order chi connectivity index (χ1) is 5.30. The highest BCUT2D eigenvalue weighted by atomic mass is 19.4. The van der Waals surface area contributed by atoms with Crippen molar-refractivity contribution in [3.05, 3.63) is 11.7 Å². The number of allylic oxidation sites excluding steroid dienone is 1. The Hall–Kier alpha value is -0.610. The number of halogens is 5. The van der Waals surface area contributed by atoms with Crippen molar-refractivity contribution in [2.24, 2.45) is 5.92 Å². The van der Waals surface area contributed by atoms with E-state index in [0.29, 0.717) is 0 Å². The van der Waals surface area contributed by atoms with Crippen LogP contribution in [0.1, 0.15) is 20.3 Å². The molecule has 0 radical (unpaired) electrons. The second-order valence-corrected chi connectivity index (χ2v) is 2.45. The first-order valence-electron chi connectivity index (χ1n) is 3.39. The molecule has 0 saturated carbocycles. The predicted octanol–water partition coefficient (Wildman–Crippen LogP) is 3.75. The van der Waals surface area contributed by atoms with E-state index in [-0.39, 0.29) is 6.42 Å². The molecule has 0 amide bonds. The van der Waals surface area contributed by atoms with Crippen LogP contribution in [-0.2, 0) is 0 Å². The zero-order valence-corrected chi connectivity index (χ0v) is 6.67. The van der Waals surface area contributed by atoms with Crippen LogP contribution in [0.5, 0.6) is 0 Å². The second-order valence-electron chi connectivity index (χ2n) is 2.45. The van der Waals surface area contributed by atoms with Gasteiger partial charge in [0.2, 0.25) is 0 Å². The normalized spacial score (nSPS) is 14.2. The van der Waals surface area contributed by atoms with Crippen LogP contribution < -0.4 is 0 Å². The topological polar surface area (TPSA) is 0 Å². The molecule has 12 heavy (non-hydrogen) atoms. The lowest BCUT2D eigenvalue weighted by molar-refractivity contribution is -0.165. The summed E-state index contributed by atoms with van der Waals surface area (Å²) < 4.78 is 59.4. The average Bonchev–Trinajstić information content (AvgIpc) is 1.85. The Morgan fingerprint density at radius 1 is 1.25 bits per heavy atom. The van der Waals surface area contributed by atoms with E-state index in [1.165, 1.54) is 6.92 Å². The molecule has 0 spiro atoms. The maximum atomic E-state index is 12.0. The minimum absolute atomic E-state index is 0.354. The maximum Gasteiger partial charge on any atom is 0.395 e. The smallest absolute Gasteiger partial charge is 0.173 e. The van der Waals surface area contributed by atoms with Gasteiger partial charge >= 0.3 is 6.18 Å². The van der Waals surface area contributed by atoms with Gasteiger partial charge in [0.15, 0.2) is 0 Å². The lowest BCUT2D eigenvalue weighted by Gasteiger charge is -2.18. The highest BCUT2D eigenvalue weighted by molar-refractivity contribution is 5.06. The minimum atomic E-state index is -4.57. The molecule has 0 aliphatic rings. The molecule has 0 nitrogen and oxygen atoms in total. The molecule has 0 heterocycles. The largest absolute Gasteiger partial charge is 0.395 e. The van der Waals surface area contributed by atoms with E-state index in [4.69, 9.17) is 0 Å². The molecule has 72 valence electrons. The molecule has 0 rings (SSSR count). The van der Waals surface area contributed by atoms with E-state index >= 15 is 0 Å². The van der Waals surface area contributed by atoms with Crippen molar-refractivity contribution < 1.29 is 22.0 Å². The van der Waals surface area contributed by atoms with Gasteiger partial charge in [-0.2, -0.15) is 22.0 Å². The monoisotopic (exact) mass is 188 g/mol. The van der Waals surface area contributed by atoms with Gasteiger partial charge in [-0.1, -0.05) is 6.92 Å². The van der Waals surface area contributed by atoms with Gasteiger partial charge < -0.3 is 0 Å². The van der Waals surface area contributed by atoms with E-state index in [0.717, 1.165) is 6.92 Å². The van der Waals surface area contributed by atoms with Crippen LogP contribution in [0, 0.1) is 5.92 Å². The zero-order chi connectivity index (χ0) is 9.94. The van der Waals surface area contributed by atoms with E-state index < -0.39 is 23.7 Å². The van der Waals surface area contributed by atoms with Crippen LogP contribution >= 0.6 is 0 Å². The third-order valence-corrected chi connectivity index (χ3v) is 1.62. The Morgan fingerprint density at radius 3 is 1.75 bits per heavy atom. The van der Waals surface area contributed by atoms with Crippen LogP contribution in [-0.4, -0.2) is 6.18 Å². The van der Waals surface area contributed by atoms with Crippen molar-refractivity contribution in [3.8, 4) is 0 Å². The van der Waals surface area contributed by atoms with Crippen LogP contribution in [0.15, 0.2) is 11.7 Å². The van der Waals surface area contributed by atoms with E-state index in [1.54, 1.807) is 0 Å². The van der Waals surface area contributed by atoms with Gasteiger partial charge in [-0.25, -0.2) is 0 Å². The summed E-state index contributed by atoms with van der Waals surface area (Å²) >= 11 is 0. The van der Waals surface area contributed by atoms with E-state index in [2.05, 4.69) is 0 Å². The fraction of sp³-hybridized carbons (Fsp3) is 0.714. The summed E-state index contributed by atoms with van der Waals surface area (Å²) in [6.45, 7) is 2.03. The van der Waals surface area contributed by atoms with Gasteiger partial charge in [-0.05, 0) is 13.3 Å². The van der Waals surface area contributed by atoms with Gasteiger partial charge in [0, 0.05) is 5.57 Å². The van der Waals surface area contributed by atoms with Crippen molar-refractivity contribution in [2.75, 3.05) is 0 Å². The van der Waals surface area contributed by atoms with E-state index in [9.17, 15) is 22.0 Å². The summed E-state index contributed by atoms with van der Waals surface area (Å²) in [6.07, 6.45) is -7.16. The molecule has 0 aromatic carbocycles. The van der Waals surface area contributed by atoms with Crippen molar-refractivity contribution in [3.63, 3.8) is 0 Å². The summed E-state index contributed by atoms with van der Waals surface area (Å²) in [6, 6.07) is 0. The quantitative estimate of drug-likeness (QED) is 0.579. The first-order valence-corrected chi connectivity index (χ1v) is 3.39. The summed E-state index contributed by atoms with van der Waals surface area (Å²) in [5.41, 5.74) is -0.884. The molecule has 5 heteroatoms. The zero-order valence-electron chi connectivity index (χ0n) is 6.67. The fourth-order valence-electron chi connectivity index (χ4n) is 0.915. The highest BCUT2D eigenvalue weighted by Crippen LogP contribution is 2.35. The molecule has 1 unspecified atom stereocenters. The fourth-order valence-corrected chi connectivity index (χ4v) is 0.915. The lowest BCUT2D eigenvalue weighted by Crippen LogP contribution is -2.23. The lowest BCUT2D eigenvalue weighted by atomic mass is 9.98. The number of alkyl halides is 3. The minimum Gasteiger partial charge on any atom is -0.173 e. The molecule has 0 aromatic heterocycles. The Bertz CT molecular complexity index is 175. The van der Waals surface area contributed by atoms with Gasteiger partial charge in [0.05, 0.1) is 5.92 Å². The maximum absolute atomic E-state index is 12.0. The third-order valence-electron chi connectivity index (χ3n) is 1.62. The highest BCUT2D eigenvalue weighted by Gasteiger charge is 2.40. The average molecular weight is 188 g/mol. The Morgan fingerprint density at radius 2 is 1.67 bits per heavy atom. The van der Waals surface area contributed by atoms with Crippen molar-refractivity contribution in [1.82, 2.24) is 0 Å². The molecule has 0 aromatic rings. The number of hydrogen-bond donors (Lipinski definition) is 0. The van der Waals surface area contributed by atoms with Crippen molar-refractivity contribution in [2.45, 2.75) is 26.4 Å². The van der Waals surface area contributed by atoms with Crippen LogP contribution in [0.4, 0.5) is 22.0 Å². The Kier molecular flexibility index (Phi) is 3.67. The van der Waals surface area contributed by atoms with Crippen molar-refractivity contribution in [1.29, 1.82) is 0 Å². The first kappa shape index (κ1) is 11.4. The Balaban J connectivity index is 4.70. The number of rotatable bonds is 2. The summed E-state index contributed by atoms with van der Waals surface area (Å²) in [4.78, 5) is 0. The van der Waals surface area contributed by atoms with Gasteiger partial charge in [-0.15, -0.1) is 0 Å². The standard InChI is InChI=1S/C7H9F5/c1-3-5(7(10,11)12)4(2)6(8)9/h5H,3H2,1-2H3. The van der Waals surface area contributed by atoms with Gasteiger partial charge in [0.25, 0.3) is 6.08 Å². The summed E-state index contributed by atoms with van der Waals surface area (Å²) in [5.74, 6) is -2.01. The summed E-state index contributed by atoms with van der Waals surface area (Å²) in [5, 5.41) is 0. The second kappa shape index (κ2) is 3.87. The SMILES string of the molecule is CCC(C(C)=C(F)F)C(F)(F)F.